The number of benzene rings is 2. The largest absolute Gasteiger partial charge is 0.497 e. The molecule has 1 aliphatic rings. The van der Waals surface area contributed by atoms with Gasteiger partial charge in [0.2, 0.25) is 0 Å². The van der Waals surface area contributed by atoms with Crippen molar-refractivity contribution in [3.8, 4) is 5.75 Å². The number of Topliss-reactive ketones (excluding diaryl/α,β-unsaturated/α-hetero) is 1. The molecule has 0 spiro atoms. The first-order chi connectivity index (χ1) is 13.2. The molecule has 1 saturated heterocycles. The highest BCUT2D eigenvalue weighted by Gasteiger charge is 2.24. The van der Waals surface area contributed by atoms with Gasteiger partial charge in [-0.05, 0) is 41.7 Å². The normalized spacial score (nSPS) is 14.2. The van der Waals surface area contributed by atoms with Gasteiger partial charge in [-0.15, -0.1) is 23.5 Å². The van der Waals surface area contributed by atoms with Gasteiger partial charge >= 0.3 is 0 Å². The Bertz CT molecular complexity index is 860. The van der Waals surface area contributed by atoms with Crippen molar-refractivity contribution in [1.82, 2.24) is 0 Å². The molecule has 138 valence electrons. The van der Waals surface area contributed by atoms with Gasteiger partial charge in [-0.1, -0.05) is 48.5 Å². The summed E-state index contributed by atoms with van der Waals surface area (Å²) in [5.74, 6) is 2.16. The number of allylic oxidation sites excluding steroid dienone is 2. The lowest BCUT2D eigenvalue weighted by Gasteiger charge is -2.16. The summed E-state index contributed by atoms with van der Waals surface area (Å²) in [6.45, 7) is 0. The molecule has 0 unspecified atom stereocenters. The lowest BCUT2D eigenvalue weighted by atomic mass is 10.0. The van der Waals surface area contributed by atoms with E-state index in [4.69, 9.17) is 4.74 Å². The molecule has 3 nitrogen and oxygen atoms in total. The summed E-state index contributed by atoms with van der Waals surface area (Å²) in [7, 11) is 1.61. The summed E-state index contributed by atoms with van der Waals surface area (Å²) in [4.78, 5) is 26.0. The van der Waals surface area contributed by atoms with Gasteiger partial charge in [-0.3, -0.25) is 9.59 Å². The van der Waals surface area contributed by atoms with Gasteiger partial charge in [0.15, 0.2) is 11.6 Å². The molecule has 27 heavy (non-hydrogen) atoms. The Kier molecular flexibility index (Phi) is 6.96. The van der Waals surface area contributed by atoms with Crippen molar-refractivity contribution < 1.29 is 14.3 Å². The average molecular weight is 397 g/mol. The van der Waals surface area contributed by atoms with E-state index >= 15 is 0 Å². The van der Waals surface area contributed by atoms with Crippen molar-refractivity contribution in [1.29, 1.82) is 0 Å². The fourth-order valence-corrected chi connectivity index (χ4v) is 5.22. The van der Waals surface area contributed by atoms with Crippen LogP contribution < -0.4 is 4.74 Å². The maximum absolute atomic E-state index is 13.0. The van der Waals surface area contributed by atoms with Crippen molar-refractivity contribution in [3.63, 3.8) is 0 Å². The molecule has 0 bridgehead atoms. The summed E-state index contributed by atoms with van der Waals surface area (Å²) in [5.41, 5.74) is 1.70. The molecule has 2 aromatic rings. The Labute approximate surface area is 167 Å². The molecule has 0 amide bonds. The van der Waals surface area contributed by atoms with Crippen molar-refractivity contribution in [3.05, 3.63) is 81.6 Å². The third-order valence-corrected chi connectivity index (χ3v) is 6.64. The molecule has 1 aliphatic heterocycles. The van der Waals surface area contributed by atoms with Crippen LogP contribution >= 0.6 is 23.5 Å². The van der Waals surface area contributed by atoms with E-state index in [1.807, 2.05) is 42.5 Å². The summed E-state index contributed by atoms with van der Waals surface area (Å²) in [5, 5.41) is 0. The van der Waals surface area contributed by atoms with E-state index in [1.165, 1.54) is 6.08 Å². The van der Waals surface area contributed by atoms with Crippen LogP contribution in [0.4, 0.5) is 0 Å². The highest BCUT2D eigenvalue weighted by molar-refractivity contribution is 8.22. The van der Waals surface area contributed by atoms with Crippen LogP contribution in [0.15, 0.2) is 70.5 Å². The number of thioether (sulfide) groups is 2. The molecule has 0 aliphatic carbocycles. The third-order valence-electron chi connectivity index (χ3n) is 4.01. The zero-order valence-electron chi connectivity index (χ0n) is 15.0. The van der Waals surface area contributed by atoms with Crippen molar-refractivity contribution in [2.24, 2.45) is 0 Å². The van der Waals surface area contributed by atoms with E-state index in [1.54, 1.807) is 48.8 Å². The molecule has 1 fully saturated rings. The van der Waals surface area contributed by atoms with Gasteiger partial charge in [0.1, 0.15) is 5.75 Å². The molecular formula is C22H20O3S2. The van der Waals surface area contributed by atoms with Gasteiger partial charge in [0, 0.05) is 5.56 Å². The Balaban J connectivity index is 1.88. The first-order valence-electron chi connectivity index (χ1n) is 8.65. The highest BCUT2D eigenvalue weighted by Crippen LogP contribution is 2.38. The second-order valence-corrected chi connectivity index (χ2v) is 8.35. The van der Waals surface area contributed by atoms with Gasteiger partial charge in [-0.2, -0.15) is 0 Å². The second kappa shape index (κ2) is 9.62. The molecule has 5 heteroatoms. The number of hydrogen-bond acceptors (Lipinski definition) is 5. The Hall–Kier alpha value is -2.24. The number of methoxy groups -OCH3 is 1. The lowest BCUT2D eigenvalue weighted by molar-refractivity contribution is -0.111. The van der Waals surface area contributed by atoms with Crippen LogP contribution in [0.3, 0.4) is 0 Å². The average Bonchev–Trinajstić information content (AvgIpc) is 2.74. The Morgan fingerprint density at radius 2 is 1.63 bits per heavy atom. The SMILES string of the molecule is COc1ccc(/C=C/C(=O)C(C(=O)c2ccccc2)=C2SCCCS2)cc1. The van der Waals surface area contributed by atoms with E-state index in [0.717, 1.165) is 33.5 Å². The number of ether oxygens (including phenoxy) is 1. The number of carbonyl (C=O) groups is 2. The van der Waals surface area contributed by atoms with Crippen molar-refractivity contribution >= 4 is 41.2 Å². The van der Waals surface area contributed by atoms with E-state index < -0.39 is 0 Å². The standard InChI is InChI=1S/C22H20O3S2/c1-25-18-11-8-16(9-12-18)10-13-19(23)20(22-26-14-5-15-27-22)21(24)17-6-3-2-4-7-17/h2-4,6-13H,5,14-15H2,1H3/b13-10+. The summed E-state index contributed by atoms with van der Waals surface area (Å²) in [6.07, 6.45) is 4.31. The molecule has 1 heterocycles. The zero-order valence-corrected chi connectivity index (χ0v) is 16.6. The quantitative estimate of drug-likeness (QED) is 0.289. The number of hydrogen-bond donors (Lipinski definition) is 0. The highest BCUT2D eigenvalue weighted by atomic mass is 32.2. The molecule has 0 radical (unpaired) electrons. The van der Waals surface area contributed by atoms with Crippen molar-refractivity contribution in [2.75, 3.05) is 18.6 Å². The lowest BCUT2D eigenvalue weighted by Crippen LogP contribution is -2.14. The van der Waals surface area contributed by atoms with Crippen LogP contribution in [0.2, 0.25) is 0 Å². The summed E-state index contributed by atoms with van der Waals surface area (Å²) in [6, 6.07) is 16.4. The molecule has 0 atom stereocenters. The fourth-order valence-electron chi connectivity index (χ4n) is 2.58. The van der Waals surface area contributed by atoms with Crippen LogP contribution in [-0.4, -0.2) is 30.2 Å². The predicted octanol–water partition coefficient (Wildman–Crippen LogP) is 5.24. The minimum Gasteiger partial charge on any atom is -0.497 e. The minimum absolute atomic E-state index is 0.211. The third kappa shape index (κ3) is 5.15. The zero-order chi connectivity index (χ0) is 19.1. The van der Waals surface area contributed by atoms with Crippen LogP contribution in [0.5, 0.6) is 5.75 Å². The van der Waals surface area contributed by atoms with E-state index in [0.29, 0.717) is 5.56 Å². The van der Waals surface area contributed by atoms with Gasteiger partial charge in [-0.25, -0.2) is 0 Å². The van der Waals surface area contributed by atoms with E-state index in [-0.39, 0.29) is 17.1 Å². The van der Waals surface area contributed by atoms with Gasteiger partial charge in [0.25, 0.3) is 0 Å². The molecule has 0 aromatic heterocycles. The number of ketones is 2. The molecular weight excluding hydrogens is 376 g/mol. The smallest absolute Gasteiger partial charge is 0.198 e. The van der Waals surface area contributed by atoms with E-state index in [9.17, 15) is 9.59 Å². The number of carbonyl (C=O) groups excluding carboxylic acids is 2. The maximum Gasteiger partial charge on any atom is 0.198 e. The monoisotopic (exact) mass is 396 g/mol. The Morgan fingerprint density at radius 1 is 0.963 bits per heavy atom. The van der Waals surface area contributed by atoms with E-state index in [2.05, 4.69) is 0 Å². The maximum atomic E-state index is 13.0. The van der Waals surface area contributed by atoms with Crippen LogP contribution in [0.25, 0.3) is 6.08 Å². The van der Waals surface area contributed by atoms with Crippen LogP contribution in [-0.2, 0) is 4.79 Å². The topological polar surface area (TPSA) is 43.4 Å². The summed E-state index contributed by atoms with van der Waals surface area (Å²) >= 11 is 3.20. The molecule has 3 rings (SSSR count). The molecule has 0 N–H and O–H groups in total. The number of rotatable bonds is 6. The first-order valence-corrected chi connectivity index (χ1v) is 10.6. The summed E-state index contributed by atoms with van der Waals surface area (Å²) < 4.78 is 5.98. The predicted molar refractivity (Wildman–Crippen MR) is 114 cm³/mol. The Morgan fingerprint density at radius 3 is 2.26 bits per heavy atom. The second-order valence-electron chi connectivity index (χ2n) is 5.88. The van der Waals surface area contributed by atoms with Gasteiger partial charge < -0.3 is 4.74 Å². The molecule has 0 saturated carbocycles. The van der Waals surface area contributed by atoms with Crippen molar-refractivity contribution in [2.45, 2.75) is 6.42 Å². The van der Waals surface area contributed by atoms with Gasteiger partial charge in [0.05, 0.1) is 16.9 Å². The van der Waals surface area contributed by atoms with Crippen LogP contribution in [0, 0.1) is 0 Å². The minimum atomic E-state index is -0.253. The molecule has 2 aromatic carbocycles. The fraction of sp³-hybridized carbons (Fsp3) is 0.182. The van der Waals surface area contributed by atoms with Crippen LogP contribution in [0.1, 0.15) is 22.3 Å². The first kappa shape index (κ1) is 19.5.